The SMILES string of the molecule is CCCCC(=O)Nc1ccc(NC(=O)C2(c3ccccc3F)CC2)cc1C. The van der Waals surface area contributed by atoms with E-state index in [-0.39, 0.29) is 17.6 Å². The highest BCUT2D eigenvalue weighted by Crippen LogP contribution is 2.49. The Morgan fingerprint density at radius 1 is 1.11 bits per heavy atom. The van der Waals surface area contributed by atoms with Gasteiger partial charge in [-0.3, -0.25) is 9.59 Å². The van der Waals surface area contributed by atoms with Crippen LogP contribution in [0.4, 0.5) is 15.8 Å². The van der Waals surface area contributed by atoms with Crippen LogP contribution in [0.15, 0.2) is 42.5 Å². The summed E-state index contributed by atoms with van der Waals surface area (Å²) >= 11 is 0. The van der Waals surface area contributed by atoms with E-state index >= 15 is 0 Å². The highest BCUT2D eigenvalue weighted by atomic mass is 19.1. The van der Waals surface area contributed by atoms with Gasteiger partial charge in [0.2, 0.25) is 11.8 Å². The van der Waals surface area contributed by atoms with Gasteiger partial charge in [-0.15, -0.1) is 0 Å². The van der Waals surface area contributed by atoms with Crippen molar-refractivity contribution in [3.63, 3.8) is 0 Å². The van der Waals surface area contributed by atoms with Gasteiger partial charge in [0.25, 0.3) is 0 Å². The summed E-state index contributed by atoms with van der Waals surface area (Å²) in [6.07, 6.45) is 3.62. The third-order valence-corrected chi connectivity index (χ3v) is 5.09. The molecule has 1 aliphatic carbocycles. The lowest BCUT2D eigenvalue weighted by Crippen LogP contribution is -2.28. The molecular formula is C22H25FN2O2. The second-order valence-electron chi connectivity index (χ2n) is 7.20. The molecule has 5 heteroatoms. The van der Waals surface area contributed by atoms with E-state index in [1.807, 2.05) is 19.9 Å². The minimum atomic E-state index is -0.772. The molecule has 2 amide bonds. The first kappa shape index (κ1) is 19.1. The van der Waals surface area contributed by atoms with Crippen molar-refractivity contribution < 1.29 is 14.0 Å². The van der Waals surface area contributed by atoms with Gasteiger partial charge in [-0.25, -0.2) is 4.39 Å². The van der Waals surface area contributed by atoms with Crippen LogP contribution in [0.25, 0.3) is 0 Å². The molecule has 0 spiro atoms. The maximum absolute atomic E-state index is 14.1. The van der Waals surface area contributed by atoms with Gasteiger partial charge in [0.15, 0.2) is 0 Å². The van der Waals surface area contributed by atoms with E-state index in [0.29, 0.717) is 30.5 Å². The van der Waals surface area contributed by atoms with E-state index in [1.165, 1.54) is 6.07 Å². The second kappa shape index (κ2) is 7.91. The topological polar surface area (TPSA) is 58.2 Å². The molecule has 0 unspecified atom stereocenters. The Labute approximate surface area is 159 Å². The lowest BCUT2D eigenvalue weighted by molar-refractivity contribution is -0.118. The number of anilines is 2. The number of halogens is 1. The average molecular weight is 368 g/mol. The van der Waals surface area contributed by atoms with Crippen molar-refractivity contribution in [2.45, 2.75) is 51.4 Å². The Kier molecular flexibility index (Phi) is 5.59. The lowest BCUT2D eigenvalue weighted by atomic mass is 9.94. The van der Waals surface area contributed by atoms with Crippen LogP contribution in [0.1, 0.15) is 50.2 Å². The van der Waals surface area contributed by atoms with Crippen LogP contribution in [0.5, 0.6) is 0 Å². The van der Waals surface area contributed by atoms with Crippen molar-refractivity contribution in [1.82, 2.24) is 0 Å². The van der Waals surface area contributed by atoms with E-state index in [0.717, 1.165) is 24.1 Å². The number of hydrogen-bond acceptors (Lipinski definition) is 2. The van der Waals surface area contributed by atoms with Gasteiger partial charge in [0.05, 0.1) is 5.41 Å². The first-order valence-corrected chi connectivity index (χ1v) is 9.43. The van der Waals surface area contributed by atoms with Gasteiger partial charge in [0.1, 0.15) is 5.82 Å². The number of aryl methyl sites for hydroxylation is 1. The molecule has 0 saturated heterocycles. The van der Waals surface area contributed by atoms with Gasteiger partial charge in [-0.05, 0) is 56.0 Å². The van der Waals surface area contributed by atoms with Gasteiger partial charge < -0.3 is 10.6 Å². The van der Waals surface area contributed by atoms with Crippen LogP contribution in [0.2, 0.25) is 0 Å². The highest BCUT2D eigenvalue weighted by Gasteiger charge is 2.52. The monoisotopic (exact) mass is 368 g/mol. The number of unbranched alkanes of at least 4 members (excludes halogenated alkanes) is 1. The van der Waals surface area contributed by atoms with Crippen molar-refractivity contribution in [3.8, 4) is 0 Å². The molecule has 0 heterocycles. The molecule has 1 aliphatic rings. The maximum Gasteiger partial charge on any atom is 0.235 e. The van der Waals surface area contributed by atoms with Crippen LogP contribution in [-0.4, -0.2) is 11.8 Å². The normalized spacial score (nSPS) is 14.5. The molecule has 1 saturated carbocycles. The second-order valence-corrected chi connectivity index (χ2v) is 7.20. The molecule has 1 fully saturated rings. The maximum atomic E-state index is 14.1. The zero-order valence-electron chi connectivity index (χ0n) is 15.8. The summed E-state index contributed by atoms with van der Waals surface area (Å²) in [7, 11) is 0. The van der Waals surface area contributed by atoms with Gasteiger partial charge >= 0.3 is 0 Å². The molecule has 0 bridgehead atoms. The fourth-order valence-corrected chi connectivity index (χ4v) is 3.28. The van der Waals surface area contributed by atoms with E-state index in [1.54, 1.807) is 30.3 Å². The number of rotatable bonds is 7. The van der Waals surface area contributed by atoms with E-state index < -0.39 is 5.41 Å². The summed E-state index contributed by atoms with van der Waals surface area (Å²) in [5.74, 6) is -0.536. The van der Waals surface area contributed by atoms with Crippen LogP contribution in [0, 0.1) is 12.7 Å². The molecule has 0 atom stereocenters. The fourth-order valence-electron chi connectivity index (χ4n) is 3.28. The number of nitrogens with one attached hydrogen (secondary N) is 2. The molecule has 0 aromatic heterocycles. The van der Waals surface area contributed by atoms with Gasteiger partial charge in [0, 0.05) is 23.4 Å². The first-order valence-electron chi connectivity index (χ1n) is 9.43. The van der Waals surface area contributed by atoms with Gasteiger partial charge in [-0.2, -0.15) is 0 Å². The molecule has 0 aliphatic heterocycles. The van der Waals surface area contributed by atoms with Crippen molar-refractivity contribution in [1.29, 1.82) is 0 Å². The summed E-state index contributed by atoms with van der Waals surface area (Å²) in [5, 5.41) is 5.81. The van der Waals surface area contributed by atoms with Crippen LogP contribution >= 0.6 is 0 Å². The Balaban J connectivity index is 1.69. The summed E-state index contributed by atoms with van der Waals surface area (Å²) in [4.78, 5) is 24.7. The Bertz CT molecular complexity index is 859. The number of hydrogen-bond donors (Lipinski definition) is 2. The standard InChI is InChI=1S/C22H25FN2O2/c1-3-4-9-20(26)25-19-11-10-16(14-15(19)2)24-21(27)22(12-13-22)17-7-5-6-8-18(17)23/h5-8,10-11,14H,3-4,9,12-13H2,1-2H3,(H,24,27)(H,25,26). The van der Waals surface area contributed by atoms with Crippen LogP contribution in [0.3, 0.4) is 0 Å². The van der Waals surface area contributed by atoms with Crippen molar-refractivity contribution in [2.24, 2.45) is 0 Å². The zero-order chi connectivity index (χ0) is 19.4. The average Bonchev–Trinajstić information content (AvgIpc) is 3.44. The molecule has 27 heavy (non-hydrogen) atoms. The largest absolute Gasteiger partial charge is 0.326 e. The fraction of sp³-hybridized carbons (Fsp3) is 0.364. The molecule has 4 nitrogen and oxygen atoms in total. The third-order valence-electron chi connectivity index (χ3n) is 5.09. The lowest BCUT2D eigenvalue weighted by Gasteiger charge is -2.17. The summed E-state index contributed by atoms with van der Waals surface area (Å²) in [5.41, 5.74) is 1.94. The highest BCUT2D eigenvalue weighted by molar-refractivity contribution is 6.02. The number of carbonyl (C=O) groups excluding carboxylic acids is 2. The predicted octanol–water partition coefficient (Wildman–Crippen LogP) is 4.93. The smallest absolute Gasteiger partial charge is 0.235 e. The van der Waals surface area contributed by atoms with E-state index in [2.05, 4.69) is 10.6 Å². The summed E-state index contributed by atoms with van der Waals surface area (Å²) < 4.78 is 14.1. The molecule has 2 aromatic carbocycles. The number of benzene rings is 2. The predicted molar refractivity (Wildman–Crippen MR) is 105 cm³/mol. The minimum absolute atomic E-state index is 0.00628. The zero-order valence-corrected chi connectivity index (χ0v) is 15.8. The first-order chi connectivity index (χ1) is 13.0. The summed E-state index contributed by atoms with van der Waals surface area (Å²) in [6.45, 7) is 3.93. The molecule has 142 valence electrons. The number of carbonyl (C=O) groups is 2. The number of amides is 2. The molecule has 3 rings (SSSR count). The molecule has 0 radical (unpaired) electrons. The van der Waals surface area contributed by atoms with Crippen molar-refractivity contribution >= 4 is 23.2 Å². The quantitative estimate of drug-likeness (QED) is 0.728. The van der Waals surface area contributed by atoms with E-state index in [4.69, 9.17) is 0 Å². The molecule has 2 N–H and O–H groups in total. The third kappa shape index (κ3) is 4.18. The Morgan fingerprint density at radius 3 is 2.48 bits per heavy atom. The van der Waals surface area contributed by atoms with Crippen molar-refractivity contribution in [2.75, 3.05) is 10.6 Å². The van der Waals surface area contributed by atoms with Crippen LogP contribution in [-0.2, 0) is 15.0 Å². The van der Waals surface area contributed by atoms with Crippen molar-refractivity contribution in [3.05, 3.63) is 59.4 Å². The van der Waals surface area contributed by atoms with E-state index in [9.17, 15) is 14.0 Å². The molecular weight excluding hydrogens is 343 g/mol. The van der Waals surface area contributed by atoms with Crippen LogP contribution < -0.4 is 10.6 Å². The minimum Gasteiger partial charge on any atom is -0.326 e. The Morgan fingerprint density at radius 2 is 1.85 bits per heavy atom. The Hall–Kier alpha value is -2.69. The molecule has 2 aromatic rings. The summed E-state index contributed by atoms with van der Waals surface area (Å²) in [6, 6.07) is 11.8. The van der Waals surface area contributed by atoms with Gasteiger partial charge in [-0.1, -0.05) is 31.5 Å².